The molecule has 1 aromatic carbocycles. The van der Waals surface area contributed by atoms with E-state index in [1.54, 1.807) is 19.3 Å². The van der Waals surface area contributed by atoms with Gasteiger partial charge in [0.25, 0.3) is 0 Å². The van der Waals surface area contributed by atoms with Crippen LogP contribution < -0.4 is 11.1 Å². The van der Waals surface area contributed by atoms with E-state index in [9.17, 15) is 4.79 Å². The molecule has 0 radical (unpaired) electrons. The highest BCUT2D eigenvalue weighted by Crippen LogP contribution is 2.15. The lowest BCUT2D eigenvalue weighted by Gasteiger charge is -2.09. The number of rotatable bonds is 4. The average Bonchev–Trinajstić information content (AvgIpc) is 2.48. The largest absolute Gasteiger partial charge is 0.330 e. The smallest absolute Gasteiger partial charge is 0.228 e. The molecule has 0 aliphatic carbocycles. The normalized spacial score (nSPS) is 11.9. The van der Waals surface area contributed by atoms with E-state index in [-0.39, 0.29) is 11.8 Å². The van der Waals surface area contributed by atoms with E-state index in [0.29, 0.717) is 18.1 Å². The molecule has 98 valence electrons. The van der Waals surface area contributed by atoms with Gasteiger partial charge in [0.15, 0.2) is 5.82 Å². The van der Waals surface area contributed by atoms with Crippen LogP contribution in [0.1, 0.15) is 6.92 Å². The number of carbonyl (C=O) groups excluding carboxylic acids is 1. The van der Waals surface area contributed by atoms with E-state index in [1.165, 1.54) is 0 Å². The summed E-state index contributed by atoms with van der Waals surface area (Å²) in [7, 11) is 0. The van der Waals surface area contributed by atoms with Crippen molar-refractivity contribution in [1.82, 2.24) is 9.97 Å². The van der Waals surface area contributed by atoms with Crippen LogP contribution in [-0.2, 0) is 4.79 Å². The second kappa shape index (κ2) is 6.06. The maximum absolute atomic E-state index is 11.7. The molecule has 5 heteroatoms. The first-order chi connectivity index (χ1) is 9.20. The molecule has 3 N–H and O–H groups in total. The summed E-state index contributed by atoms with van der Waals surface area (Å²) in [5.74, 6) is 0.276. The summed E-state index contributed by atoms with van der Waals surface area (Å²) in [5, 5.41) is 2.73. The van der Waals surface area contributed by atoms with E-state index < -0.39 is 0 Å². The Bertz CT molecular complexity index is 539. The van der Waals surface area contributed by atoms with Crippen molar-refractivity contribution < 1.29 is 4.79 Å². The fourth-order valence-corrected chi connectivity index (χ4v) is 1.50. The van der Waals surface area contributed by atoms with Crippen LogP contribution in [0.4, 0.5) is 5.69 Å². The van der Waals surface area contributed by atoms with Crippen LogP contribution in [0.15, 0.2) is 42.7 Å². The van der Waals surface area contributed by atoms with Gasteiger partial charge in [-0.3, -0.25) is 4.79 Å². The van der Waals surface area contributed by atoms with Gasteiger partial charge in [-0.25, -0.2) is 9.97 Å². The molecule has 0 bridgehead atoms. The first-order valence-corrected chi connectivity index (χ1v) is 6.09. The van der Waals surface area contributed by atoms with Crippen LogP contribution in [0.5, 0.6) is 0 Å². The monoisotopic (exact) mass is 256 g/mol. The third-order valence-corrected chi connectivity index (χ3v) is 2.75. The van der Waals surface area contributed by atoms with E-state index in [0.717, 1.165) is 5.56 Å². The lowest BCUT2D eigenvalue weighted by atomic mass is 10.1. The molecule has 0 saturated heterocycles. The van der Waals surface area contributed by atoms with Crippen LogP contribution in [-0.4, -0.2) is 22.4 Å². The SMILES string of the molecule is CC(CN)C(=O)Nc1cnc(-c2ccccc2)nc1. The number of nitrogens with one attached hydrogen (secondary N) is 1. The van der Waals surface area contributed by atoms with E-state index in [1.807, 2.05) is 30.3 Å². The van der Waals surface area contributed by atoms with Gasteiger partial charge in [0, 0.05) is 18.0 Å². The number of amides is 1. The summed E-state index contributed by atoms with van der Waals surface area (Å²) in [6.07, 6.45) is 3.19. The highest BCUT2D eigenvalue weighted by molar-refractivity contribution is 5.92. The minimum absolute atomic E-state index is 0.126. The molecule has 0 saturated carbocycles. The molecule has 2 rings (SSSR count). The first-order valence-electron chi connectivity index (χ1n) is 6.09. The number of carbonyl (C=O) groups is 1. The molecule has 2 aromatic rings. The summed E-state index contributed by atoms with van der Waals surface area (Å²) in [5.41, 5.74) is 6.95. The summed E-state index contributed by atoms with van der Waals surface area (Å²) in [4.78, 5) is 20.1. The zero-order valence-electron chi connectivity index (χ0n) is 10.7. The lowest BCUT2D eigenvalue weighted by molar-refractivity contribution is -0.119. The molecule has 0 fully saturated rings. The zero-order chi connectivity index (χ0) is 13.7. The second-order valence-corrected chi connectivity index (χ2v) is 4.29. The first kappa shape index (κ1) is 13.2. The average molecular weight is 256 g/mol. The van der Waals surface area contributed by atoms with Crippen LogP contribution in [0.25, 0.3) is 11.4 Å². The number of nitrogens with two attached hydrogens (primary N) is 1. The standard InChI is InChI=1S/C14H16N4O/c1-10(7-15)14(19)18-12-8-16-13(17-9-12)11-5-3-2-4-6-11/h2-6,8-10H,7,15H2,1H3,(H,18,19). The molecular weight excluding hydrogens is 240 g/mol. The third kappa shape index (κ3) is 3.35. The van der Waals surface area contributed by atoms with Crippen LogP contribution in [0.2, 0.25) is 0 Å². The van der Waals surface area contributed by atoms with Crippen molar-refractivity contribution >= 4 is 11.6 Å². The summed E-state index contributed by atoms with van der Waals surface area (Å²) in [6.45, 7) is 2.09. The van der Waals surface area contributed by atoms with Gasteiger partial charge in [0.1, 0.15) is 0 Å². The molecule has 19 heavy (non-hydrogen) atoms. The Labute approximate surface area is 111 Å². The summed E-state index contributed by atoms with van der Waals surface area (Å²) < 4.78 is 0. The number of anilines is 1. The highest BCUT2D eigenvalue weighted by atomic mass is 16.1. The predicted octanol–water partition coefficient (Wildman–Crippen LogP) is 1.68. The number of benzene rings is 1. The van der Waals surface area contributed by atoms with Crippen molar-refractivity contribution in [3.8, 4) is 11.4 Å². The van der Waals surface area contributed by atoms with Gasteiger partial charge < -0.3 is 11.1 Å². The van der Waals surface area contributed by atoms with Gasteiger partial charge >= 0.3 is 0 Å². The molecule has 1 heterocycles. The number of aromatic nitrogens is 2. The predicted molar refractivity (Wildman–Crippen MR) is 74.3 cm³/mol. The Morgan fingerprint density at radius 1 is 1.26 bits per heavy atom. The Morgan fingerprint density at radius 2 is 1.89 bits per heavy atom. The molecule has 1 aromatic heterocycles. The lowest BCUT2D eigenvalue weighted by Crippen LogP contribution is -2.26. The van der Waals surface area contributed by atoms with Crippen LogP contribution in [0, 0.1) is 5.92 Å². The molecule has 1 unspecified atom stereocenters. The minimum Gasteiger partial charge on any atom is -0.330 e. The van der Waals surface area contributed by atoms with Crippen LogP contribution in [0.3, 0.4) is 0 Å². The quantitative estimate of drug-likeness (QED) is 0.872. The fourth-order valence-electron chi connectivity index (χ4n) is 1.50. The van der Waals surface area contributed by atoms with Crippen molar-refractivity contribution in [2.45, 2.75) is 6.92 Å². The van der Waals surface area contributed by atoms with E-state index >= 15 is 0 Å². The van der Waals surface area contributed by atoms with Crippen molar-refractivity contribution in [1.29, 1.82) is 0 Å². The van der Waals surface area contributed by atoms with Gasteiger partial charge in [0.05, 0.1) is 18.1 Å². The summed E-state index contributed by atoms with van der Waals surface area (Å²) in [6, 6.07) is 9.66. The number of nitrogens with zero attached hydrogens (tertiary/aromatic N) is 2. The molecule has 0 aliphatic heterocycles. The van der Waals surface area contributed by atoms with Crippen molar-refractivity contribution in [2.24, 2.45) is 11.7 Å². The molecular formula is C14H16N4O. The van der Waals surface area contributed by atoms with Gasteiger partial charge in [-0.05, 0) is 0 Å². The number of hydrogen-bond donors (Lipinski definition) is 2. The van der Waals surface area contributed by atoms with Crippen molar-refractivity contribution in [3.63, 3.8) is 0 Å². The van der Waals surface area contributed by atoms with E-state index in [4.69, 9.17) is 5.73 Å². The van der Waals surface area contributed by atoms with Gasteiger partial charge in [-0.2, -0.15) is 0 Å². The van der Waals surface area contributed by atoms with Gasteiger partial charge in [-0.15, -0.1) is 0 Å². The van der Waals surface area contributed by atoms with Crippen molar-refractivity contribution in [2.75, 3.05) is 11.9 Å². The Balaban J connectivity index is 2.09. The van der Waals surface area contributed by atoms with Crippen LogP contribution >= 0.6 is 0 Å². The topological polar surface area (TPSA) is 80.9 Å². The molecule has 0 aliphatic rings. The molecule has 1 atom stereocenters. The molecule has 5 nitrogen and oxygen atoms in total. The van der Waals surface area contributed by atoms with Gasteiger partial charge in [-0.1, -0.05) is 37.3 Å². The summed E-state index contributed by atoms with van der Waals surface area (Å²) >= 11 is 0. The maximum atomic E-state index is 11.7. The number of hydrogen-bond acceptors (Lipinski definition) is 4. The van der Waals surface area contributed by atoms with E-state index in [2.05, 4.69) is 15.3 Å². The highest BCUT2D eigenvalue weighted by Gasteiger charge is 2.11. The molecule has 1 amide bonds. The third-order valence-electron chi connectivity index (χ3n) is 2.75. The molecule has 0 spiro atoms. The Morgan fingerprint density at radius 3 is 2.47 bits per heavy atom. The fraction of sp³-hybridized carbons (Fsp3) is 0.214. The Kier molecular flexibility index (Phi) is 4.20. The second-order valence-electron chi connectivity index (χ2n) is 4.29. The maximum Gasteiger partial charge on any atom is 0.228 e. The zero-order valence-corrected chi connectivity index (χ0v) is 10.7. The van der Waals surface area contributed by atoms with Crippen molar-refractivity contribution in [3.05, 3.63) is 42.7 Å². The Hall–Kier alpha value is -2.27. The minimum atomic E-state index is -0.228. The van der Waals surface area contributed by atoms with Gasteiger partial charge in [0.2, 0.25) is 5.91 Å².